The molecule has 4 nitrogen and oxygen atoms in total. The minimum Gasteiger partial charge on any atom is -0.378 e. The van der Waals surface area contributed by atoms with Crippen LogP contribution in [0.15, 0.2) is 0 Å². The van der Waals surface area contributed by atoms with Gasteiger partial charge in [0.25, 0.3) is 0 Å². The molecule has 21 heavy (non-hydrogen) atoms. The topological polar surface area (TPSA) is 41.7 Å². The first-order valence-corrected chi connectivity index (χ1v) is 8.63. The highest BCUT2D eigenvalue weighted by atomic mass is 16.5. The lowest BCUT2D eigenvalue weighted by Gasteiger charge is -2.60. The first-order valence-electron chi connectivity index (χ1n) is 8.63. The van der Waals surface area contributed by atoms with Gasteiger partial charge < -0.3 is 15.4 Å². The Morgan fingerprint density at radius 1 is 1.14 bits per heavy atom. The van der Waals surface area contributed by atoms with Gasteiger partial charge in [0.2, 0.25) is 0 Å². The van der Waals surface area contributed by atoms with Gasteiger partial charge in [-0.15, -0.1) is 0 Å². The largest absolute Gasteiger partial charge is 0.378 e. The summed E-state index contributed by atoms with van der Waals surface area (Å²) < 4.78 is 5.83. The van der Waals surface area contributed by atoms with Crippen molar-refractivity contribution in [3.63, 3.8) is 0 Å². The fraction of sp³-hybridized carbons (Fsp3) is 1.00. The van der Waals surface area contributed by atoms with Gasteiger partial charge in [0.05, 0.1) is 6.10 Å². The number of ether oxygens (including phenoxy) is 1. The molecule has 2 fully saturated rings. The molecule has 0 radical (unpaired) electrons. The highest BCUT2D eigenvalue weighted by Crippen LogP contribution is 2.50. The third-order valence-corrected chi connectivity index (χ3v) is 5.60. The second kappa shape index (κ2) is 6.53. The maximum absolute atomic E-state index is 6.71. The molecule has 2 N–H and O–H groups in total. The summed E-state index contributed by atoms with van der Waals surface area (Å²) in [5, 5.41) is 0. The van der Waals surface area contributed by atoms with Crippen LogP contribution in [0.3, 0.4) is 0 Å². The zero-order chi connectivity index (χ0) is 15.7. The number of nitrogens with zero attached hydrogens (tertiary/aromatic N) is 2. The molecule has 2 atom stereocenters. The van der Waals surface area contributed by atoms with Gasteiger partial charge in [0, 0.05) is 56.8 Å². The first kappa shape index (κ1) is 17.2. The second-order valence-electron chi connectivity index (χ2n) is 8.00. The summed E-state index contributed by atoms with van der Waals surface area (Å²) in [6.45, 7) is 18.9. The zero-order valence-electron chi connectivity index (χ0n) is 14.7. The molecule has 0 amide bonds. The third-order valence-electron chi connectivity index (χ3n) is 5.60. The molecular weight excluding hydrogens is 262 g/mol. The van der Waals surface area contributed by atoms with Crippen molar-refractivity contribution in [2.75, 3.05) is 45.9 Å². The van der Waals surface area contributed by atoms with Gasteiger partial charge in [-0.25, -0.2) is 0 Å². The first-order chi connectivity index (χ1) is 9.78. The molecule has 2 rings (SSSR count). The van der Waals surface area contributed by atoms with E-state index in [9.17, 15) is 0 Å². The Morgan fingerprint density at radius 3 is 2.19 bits per heavy atom. The van der Waals surface area contributed by atoms with Crippen molar-refractivity contribution < 1.29 is 4.74 Å². The summed E-state index contributed by atoms with van der Waals surface area (Å²) in [5.74, 6) is 0.759. The van der Waals surface area contributed by atoms with Crippen molar-refractivity contribution in [3.05, 3.63) is 0 Å². The molecule has 1 heterocycles. The van der Waals surface area contributed by atoms with Crippen LogP contribution in [0.5, 0.6) is 0 Å². The summed E-state index contributed by atoms with van der Waals surface area (Å²) in [6, 6.07) is 0. The lowest BCUT2D eigenvalue weighted by molar-refractivity contribution is -0.157. The van der Waals surface area contributed by atoms with E-state index in [1.807, 2.05) is 0 Å². The molecule has 2 unspecified atom stereocenters. The Kier molecular flexibility index (Phi) is 5.35. The predicted octanol–water partition coefficient (Wildman–Crippen LogP) is 1.79. The Bertz CT molecular complexity index is 337. The van der Waals surface area contributed by atoms with Gasteiger partial charge in [-0.2, -0.15) is 0 Å². The van der Waals surface area contributed by atoms with E-state index in [1.54, 1.807) is 0 Å². The maximum atomic E-state index is 6.71. The van der Waals surface area contributed by atoms with Crippen LogP contribution in [0.25, 0.3) is 0 Å². The molecule has 1 saturated carbocycles. The van der Waals surface area contributed by atoms with Crippen molar-refractivity contribution in [2.24, 2.45) is 17.1 Å². The highest BCUT2D eigenvalue weighted by molar-refractivity contribution is 5.14. The summed E-state index contributed by atoms with van der Waals surface area (Å²) >= 11 is 0. The molecule has 0 bridgehead atoms. The predicted molar refractivity (Wildman–Crippen MR) is 88.4 cm³/mol. The van der Waals surface area contributed by atoms with Crippen molar-refractivity contribution in [1.82, 2.24) is 9.80 Å². The van der Waals surface area contributed by atoms with E-state index in [4.69, 9.17) is 10.5 Å². The summed E-state index contributed by atoms with van der Waals surface area (Å²) in [6.07, 6.45) is 1.33. The van der Waals surface area contributed by atoms with E-state index in [-0.39, 0.29) is 11.0 Å². The fourth-order valence-electron chi connectivity index (χ4n) is 3.82. The van der Waals surface area contributed by atoms with Crippen LogP contribution in [0.1, 0.15) is 41.0 Å². The van der Waals surface area contributed by atoms with Crippen LogP contribution in [-0.4, -0.2) is 67.3 Å². The normalized spacial score (nSPS) is 34.1. The van der Waals surface area contributed by atoms with Gasteiger partial charge >= 0.3 is 0 Å². The van der Waals surface area contributed by atoms with Crippen molar-refractivity contribution >= 4 is 0 Å². The lowest BCUT2D eigenvalue weighted by atomic mass is 9.54. The quantitative estimate of drug-likeness (QED) is 0.811. The molecule has 124 valence electrons. The number of rotatable bonds is 6. The third kappa shape index (κ3) is 3.61. The molecule has 0 spiro atoms. The van der Waals surface area contributed by atoms with Crippen molar-refractivity contribution in [1.29, 1.82) is 0 Å². The average molecular weight is 297 g/mol. The Morgan fingerprint density at radius 2 is 1.71 bits per heavy atom. The molecule has 1 saturated heterocycles. The van der Waals surface area contributed by atoms with Crippen LogP contribution < -0.4 is 5.73 Å². The van der Waals surface area contributed by atoms with E-state index >= 15 is 0 Å². The SMILES string of the molecule is CCOC1CC(N)(CN2CCN(CC(C)C)CC2)C1(C)C. The molecule has 1 aliphatic heterocycles. The zero-order valence-corrected chi connectivity index (χ0v) is 14.7. The van der Waals surface area contributed by atoms with Crippen molar-refractivity contribution in [3.8, 4) is 0 Å². The van der Waals surface area contributed by atoms with Gasteiger partial charge in [-0.1, -0.05) is 27.7 Å². The summed E-state index contributed by atoms with van der Waals surface area (Å²) in [5.41, 5.74) is 6.70. The van der Waals surface area contributed by atoms with E-state index in [1.165, 1.54) is 19.6 Å². The molecule has 1 aliphatic carbocycles. The smallest absolute Gasteiger partial charge is 0.0662 e. The van der Waals surface area contributed by atoms with Gasteiger partial charge in [0.1, 0.15) is 0 Å². The Labute approximate surface area is 131 Å². The minimum atomic E-state index is -0.0902. The van der Waals surface area contributed by atoms with E-state index in [2.05, 4.69) is 44.4 Å². The molecular formula is C17H35N3O. The minimum absolute atomic E-state index is 0.0814. The second-order valence-corrected chi connectivity index (χ2v) is 8.00. The van der Waals surface area contributed by atoms with Gasteiger partial charge in [-0.05, 0) is 19.3 Å². The molecule has 4 heteroatoms. The van der Waals surface area contributed by atoms with Gasteiger partial charge in [-0.3, -0.25) is 4.90 Å². The number of hydrogen-bond acceptors (Lipinski definition) is 4. The van der Waals surface area contributed by atoms with E-state index in [0.717, 1.165) is 38.6 Å². The summed E-state index contributed by atoms with van der Waals surface area (Å²) in [4.78, 5) is 5.14. The maximum Gasteiger partial charge on any atom is 0.0662 e. The average Bonchev–Trinajstić information content (AvgIpc) is 2.40. The van der Waals surface area contributed by atoms with Crippen LogP contribution in [0.2, 0.25) is 0 Å². The number of piperazine rings is 1. The Balaban J connectivity index is 1.81. The van der Waals surface area contributed by atoms with Gasteiger partial charge in [0.15, 0.2) is 0 Å². The number of nitrogens with two attached hydrogens (primary N) is 1. The monoisotopic (exact) mass is 297 g/mol. The number of hydrogen-bond donors (Lipinski definition) is 1. The standard InChI is InChI=1S/C17H35N3O/c1-6-21-15-11-17(18,16(15,4)5)13-20-9-7-19(8-10-20)12-14(2)3/h14-15H,6-13,18H2,1-5H3. The van der Waals surface area contributed by atoms with E-state index < -0.39 is 0 Å². The van der Waals surface area contributed by atoms with Crippen LogP contribution in [0, 0.1) is 11.3 Å². The molecule has 0 aromatic carbocycles. The van der Waals surface area contributed by atoms with Crippen LogP contribution in [-0.2, 0) is 4.74 Å². The van der Waals surface area contributed by atoms with Crippen LogP contribution >= 0.6 is 0 Å². The Hall–Kier alpha value is -0.160. The van der Waals surface area contributed by atoms with E-state index in [0.29, 0.717) is 6.10 Å². The fourth-order valence-corrected chi connectivity index (χ4v) is 3.82. The van der Waals surface area contributed by atoms with Crippen LogP contribution in [0.4, 0.5) is 0 Å². The summed E-state index contributed by atoms with van der Waals surface area (Å²) in [7, 11) is 0. The lowest BCUT2D eigenvalue weighted by Crippen LogP contribution is -2.74. The molecule has 2 aliphatic rings. The molecule has 0 aromatic heterocycles. The molecule has 0 aromatic rings. The highest BCUT2D eigenvalue weighted by Gasteiger charge is 2.58. The van der Waals surface area contributed by atoms with Crippen molar-refractivity contribution in [2.45, 2.75) is 52.7 Å².